The number of imidazole rings is 1. The van der Waals surface area contributed by atoms with Crippen molar-refractivity contribution in [1.82, 2.24) is 34.8 Å². The van der Waals surface area contributed by atoms with Crippen LogP contribution in [0.15, 0.2) is 43.0 Å². The maximum Gasteiger partial charge on any atom is 0.434 e. The van der Waals surface area contributed by atoms with Gasteiger partial charge in [-0.25, -0.2) is 24.9 Å². The zero-order valence-corrected chi connectivity index (χ0v) is 23.3. The van der Waals surface area contributed by atoms with Gasteiger partial charge in [0.25, 0.3) is 0 Å². The number of ether oxygens (including phenoxy) is 1. The number of hydrogen-bond donors (Lipinski definition) is 1. The summed E-state index contributed by atoms with van der Waals surface area (Å²) in [4.78, 5) is 24.8. The number of benzene rings is 1. The molecule has 1 fully saturated rings. The van der Waals surface area contributed by atoms with Gasteiger partial charge in [0.15, 0.2) is 11.5 Å². The van der Waals surface area contributed by atoms with Crippen molar-refractivity contribution in [1.29, 1.82) is 0 Å². The second-order valence-corrected chi connectivity index (χ2v) is 11.1. The second-order valence-electron chi connectivity index (χ2n) is 11.1. The van der Waals surface area contributed by atoms with Crippen LogP contribution in [0.4, 0.5) is 19.0 Å². The van der Waals surface area contributed by atoms with Gasteiger partial charge in [-0.3, -0.25) is 0 Å². The number of aromatic nitrogens is 6. The largest absolute Gasteiger partial charge is 0.480 e. The highest BCUT2D eigenvalue weighted by atomic mass is 19.4. The van der Waals surface area contributed by atoms with Crippen LogP contribution in [-0.4, -0.2) is 49.7 Å². The maximum absolute atomic E-state index is 13.2. The van der Waals surface area contributed by atoms with Crippen LogP contribution in [-0.2, 0) is 25.3 Å². The fourth-order valence-electron chi connectivity index (χ4n) is 5.30. The van der Waals surface area contributed by atoms with Gasteiger partial charge in [0.2, 0.25) is 5.88 Å². The molecule has 1 aliphatic carbocycles. The van der Waals surface area contributed by atoms with Crippen molar-refractivity contribution in [3.63, 3.8) is 0 Å². The molecule has 2 aliphatic rings. The van der Waals surface area contributed by atoms with Crippen LogP contribution in [0, 0.1) is 0 Å². The van der Waals surface area contributed by atoms with Crippen LogP contribution in [0.5, 0.6) is 5.88 Å². The molecule has 0 radical (unpaired) electrons. The van der Waals surface area contributed by atoms with Crippen molar-refractivity contribution in [2.75, 3.05) is 25.1 Å². The molecule has 12 heteroatoms. The van der Waals surface area contributed by atoms with E-state index in [-0.39, 0.29) is 11.4 Å². The zero-order chi connectivity index (χ0) is 28.9. The first-order chi connectivity index (χ1) is 19.5. The molecule has 1 aliphatic heterocycles. The highest BCUT2D eigenvalue weighted by Crippen LogP contribution is 2.45. The number of rotatable bonds is 6. The number of anilines is 1. The van der Waals surface area contributed by atoms with Crippen LogP contribution in [0.3, 0.4) is 0 Å². The lowest BCUT2D eigenvalue weighted by molar-refractivity contribution is -0.140. The second kappa shape index (κ2) is 10.1. The van der Waals surface area contributed by atoms with Gasteiger partial charge in [-0.2, -0.15) is 13.2 Å². The molecular formula is C29H31F3N8O. The van der Waals surface area contributed by atoms with Crippen LogP contribution >= 0.6 is 0 Å². The molecule has 6 rings (SSSR count). The van der Waals surface area contributed by atoms with E-state index in [0.29, 0.717) is 36.3 Å². The molecule has 0 atom stereocenters. The van der Waals surface area contributed by atoms with E-state index in [1.165, 1.54) is 10.9 Å². The van der Waals surface area contributed by atoms with Gasteiger partial charge in [-0.05, 0) is 32.3 Å². The summed E-state index contributed by atoms with van der Waals surface area (Å²) >= 11 is 0. The molecule has 41 heavy (non-hydrogen) atoms. The Balaban J connectivity index is 1.35. The van der Waals surface area contributed by atoms with Crippen molar-refractivity contribution in [3.05, 3.63) is 65.5 Å². The van der Waals surface area contributed by atoms with Gasteiger partial charge in [0.05, 0.1) is 12.8 Å². The summed E-state index contributed by atoms with van der Waals surface area (Å²) in [5, 5.41) is 3.59. The van der Waals surface area contributed by atoms with Gasteiger partial charge < -0.3 is 19.5 Å². The normalized spacial score (nSPS) is 16.8. The molecule has 4 heterocycles. The van der Waals surface area contributed by atoms with Gasteiger partial charge >= 0.3 is 6.18 Å². The van der Waals surface area contributed by atoms with Crippen molar-refractivity contribution in [2.45, 2.75) is 50.9 Å². The fraction of sp³-hybridized carbons (Fsp3) is 0.414. The lowest BCUT2D eigenvalue weighted by Crippen LogP contribution is -2.37. The standard InChI is InChI=1S/C29H31F3N8O/c1-28(2)20-13-33-24(22-23(18-9-10-18)34-16-35-27(22)41-4)38-26(20)40(12-11-36-28)14-17-5-7-19(8-6-17)25-37-21(15-39(25)3)29(30,31)32/h5-8,13,15-16,18,36H,9-12,14H2,1-4H3. The average Bonchev–Trinajstić information content (AvgIpc) is 3.73. The maximum atomic E-state index is 13.2. The molecular weight excluding hydrogens is 533 g/mol. The molecule has 214 valence electrons. The smallest absolute Gasteiger partial charge is 0.434 e. The lowest BCUT2D eigenvalue weighted by atomic mass is 9.96. The Morgan fingerprint density at radius 2 is 1.83 bits per heavy atom. The average molecular weight is 565 g/mol. The Hall–Kier alpha value is -4.06. The number of aryl methyl sites for hydroxylation is 1. The summed E-state index contributed by atoms with van der Waals surface area (Å²) in [6.45, 7) is 6.19. The minimum atomic E-state index is -4.49. The molecule has 0 amide bonds. The number of alkyl halides is 3. The highest BCUT2D eigenvalue weighted by Gasteiger charge is 2.36. The molecule has 1 N–H and O–H groups in total. The summed E-state index contributed by atoms with van der Waals surface area (Å²) in [6.07, 6.45) is 2.03. The summed E-state index contributed by atoms with van der Waals surface area (Å²) in [7, 11) is 3.15. The molecule has 9 nitrogen and oxygen atoms in total. The number of nitrogens with zero attached hydrogens (tertiary/aromatic N) is 7. The van der Waals surface area contributed by atoms with E-state index in [1.54, 1.807) is 26.3 Å². The van der Waals surface area contributed by atoms with E-state index in [9.17, 15) is 13.2 Å². The van der Waals surface area contributed by atoms with Crippen molar-refractivity contribution in [2.24, 2.45) is 7.05 Å². The predicted molar refractivity (Wildman–Crippen MR) is 147 cm³/mol. The number of fused-ring (bicyclic) bond motifs is 1. The minimum Gasteiger partial charge on any atom is -0.480 e. The van der Waals surface area contributed by atoms with E-state index >= 15 is 0 Å². The Bertz CT molecular complexity index is 1580. The van der Waals surface area contributed by atoms with E-state index in [1.807, 2.05) is 18.3 Å². The number of nitrogens with one attached hydrogen (secondary N) is 1. The van der Waals surface area contributed by atoms with Crippen molar-refractivity contribution < 1.29 is 17.9 Å². The molecule has 1 aromatic carbocycles. The van der Waals surface area contributed by atoms with Crippen LogP contribution in [0.25, 0.3) is 22.8 Å². The highest BCUT2D eigenvalue weighted by molar-refractivity contribution is 5.68. The first-order valence-corrected chi connectivity index (χ1v) is 13.5. The Morgan fingerprint density at radius 3 is 2.49 bits per heavy atom. The lowest BCUT2D eigenvalue weighted by Gasteiger charge is -2.28. The summed E-state index contributed by atoms with van der Waals surface area (Å²) in [5.74, 6) is 2.40. The topological polar surface area (TPSA) is 93.9 Å². The summed E-state index contributed by atoms with van der Waals surface area (Å²) in [5.41, 5.74) is 2.93. The third-order valence-corrected chi connectivity index (χ3v) is 7.67. The van der Waals surface area contributed by atoms with Crippen LogP contribution in [0.2, 0.25) is 0 Å². The van der Waals surface area contributed by atoms with E-state index < -0.39 is 11.9 Å². The Morgan fingerprint density at radius 1 is 1.07 bits per heavy atom. The van der Waals surface area contributed by atoms with E-state index in [0.717, 1.165) is 53.8 Å². The molecule has 0 unspecified atom stereocenters. The summed E-state index contributed by atoms with van der Waals surface area (Å²) < 4.78 is 46.5. The first-order valence-electron chi connectivity index (χ1n) is 13.5. The van der Waals surface area contributed by atoms with E-state index in [2.05, 4.69) is 39.0 Å². The van der Waals surface area contributed by atoms with Crippen molar-refractivity contribution >= 4 is 5.82 Å². The number of methoxy groups -OCH3 is 1. The predicted octanol–water partition coefficient (Wildman–Crippen LogP) is 5.08. The van der Waals surface area contributed by atoms with Crippen LogP contribution in [0.1, 0.15) is 55.1 Å². The third-order valence-electron chi connectivity index (χ3n) is 7.67. The van der Waals surface area contributed by atoms with Gasteiger partial charge in [-0.1, -0.05) is 24.3 Å². The number of hydrogen-bond acceptors (Lipinski definition) is 8. The monoisotopic (exact) mass is 564 g/mol. The molecule has 0 bridgehead atoms. The van der Waals surface area contributed by atoms with Gasteiger partial charge in [-0.15, -0.1) is 0 Å². The zero-order valence-electron chi connectivity index (χ0n) is 23.3. The summed E-state index contributed by atoms with van der Waals surface area (Å²) in [6, 6.07) is 7.44. The molecule has 4 aromatic rings. The Labute approximate surface area is 235 Å². The SMILES string of the molecule is COc1ncnc(C2CC2)c1-c1ncc2c(n1)N(Cc1ccc(-c3nc(C(F)(F)F)cn3C)cc1)CCNC2(C)C. The van der Waals surface area contributed by atoms with E-state index in [4.69, 9.17) is 14.7 Å². The molecule has 0 spiro atoms. The third kappa shape index (κ3) is 5.23. The molecule has 0 saturated heterocycles. The quantitative estimate of drug-likeness (QED) is 0.347. The van der Waals surface area contributed by atoms with Crippen LogP contribution < -0.4 is 15.0 Å². The van der Waals surface area contributed by atoms with Crippen molar-refractivity contribution in [3.8, 4) is 28.7 Å². The minimum absolute atomic E-state index is 0.262. The first kappa shape index (κ1) is 27.1. The fourth-order valence-corrected chi connectivity index (χ4v) is 5.30. The Kier molecular flexibility index (Phi) is 6.68. The van der Waals surface area contributed by atoms with Gasteiger partial charge in [0, 0.05) is 61.7 Å². The molecule has 3 aromatic heterocycles. The van der Waals surface area contributed by atoms with Gasteiger partial charge in [0.1, 0.15) is 23.5 Å². The number of halogens is 3. The molecule has 1 saturated carbocycles.